The summed E-state index contributed by atoms with van der Waals surface area (Å²) in [6, 6.07) is 5.10. The van der Waals surface area contributed by atoms with Gasteiger partial charge in [-0.1, -0.05) is 0 Å². The number of nitrogen functional groups attached to an aromatic ring is 1. The Labute approximate surface area is 124 Å². The summed E-state index contributed by atoms with van der Waals surface area (Å²) in [6.07, 6.45) is 3.36. The molecule has 116 valence electrons. The highest BCUT2D eigenvalue weighted by Gasteiger charge is 2.14. The van der Waals surface area contributed by atoms with Crippen molar-refractivity contribution in [2.75, 3.05) is 38.0 Å². The van der Waals surface area contributed by atoms with E-state index in [0.29, 0.717) is 23.7 Å². The lowest BCUT2D eigenvalue weighted by molar-refractivity contribution is -0.122. The number of carbonyl (C=O) groups is 1. The minimum Gasteiger partial charge on any atom is -0.497 e. The smallest absolute Gasteiger partial charge is 0.250 e. The molecule has 1 aromatic rings. The Balaban J connectivity index is 1.73. The van der Waals surface area contributed by atoms with E-state index in [9.17, 15) is 4.79 Å². The number of nitrogens with one attached hydrogen (secondary N) is 1. The van der Waals surface area contributed by atoms with Gasteiger partial charge in [-0.05, 0) is 31.4 Å². The molecule has 6 nitrogen and oxygen atoms in total. The summed E-state index contributed by atoms with van der Waals surface area (Å²) in [4.78, 5) is 11.8. The molecule has 0 radical (unpaired) electrons. The normalized spacial score (nSPS) is 18.2. The highest BCUT2D eigenvalue weighted by atomic mass is 16.5. The molecule has 3 N–H and O–H groups in total. The SMILES string of the molecule is COc1ccc(NC(=O)COCC2CCCCO2)c(N)c1. The van der Waals surface area contributed by atoms with Gasteiger partial charge in [0.2, 0.25) is 5.91 Å². The van der Waals surface area contributed by atoms with E-state index in [1.54, 1.807) is 25.3 Å². The van der Waals surface area contributed by atoms with Crippen LogP contribution in [0.3, 0.4) is 0 Å². The van der Waals surface area contributed by atoms with E-state index in [2.05, 4.69) is 5.32 Å². The van der Waals surface area contributed by atoms with E-state index in [-0.39, 0.29) is 18.6 Å². The highest BCUT2D eigenvalue weighted by molar-refractivity contribution is 5.94. The third-order valence-electron chi connectivity index (χ3n) is 3.34. The third kappa shape index (κ3) is 4.91. The molecule has 2 rings (SSSR count). The van der Waals surface area contributed by atoms with E-state index in [1.807, 2.05) is 0 Å². The summed E-state index contributed by atoms with van der Waals surface area (Å²) in [5.74, 6) is 0.416. The summed E-state index contributed by atoms with van der Waals surface area (Å²) in [5, 5.41) is 2.71. The van der Waals surface area contributed by atoms with Gasteiger partial charge in [-0.3, -0.25) is 4.79 Å². The number of carbonyl (C=O) groups excluding carboxylic acids is 1. The molecular formula is C15H22N2O4. The van der Waals surface area contributed by atoms with Crippen molar-refractivity contribution >= 4 is 17.3 Å². The molecule has 1 unspecified atom stereocenters. The van der Waals surface area contributed by atoms with Gasteiger partial charge in [-0.25, -0.2) is 0 Å². The second kappa shape index (κ2) is 7.85. The fraction of sp³-hybridized carbons (Fsp3) is 0.533. The van der Waals surface area contributed by atoms with Crippen molar-refractivity contribution in [2.24, 2.45) is 0 Å². The molecule has 1 aromatic carbocycles. The lowest BCUT2D eigenvalue weighted by Gasteiger charge is -2.22. The first-order valence-electron chi connectivity index (χ1n) is 7.11. The molecule has 1 heterocycles. The summed E-state index contributed by atoms with van der Waals surface area (Å²) in [6.45, 7) is 1.22. The van der Waals surface area contributed by atoms with Gasteiger partial charge in [0.1, 0.15) is 12.4 Å². The molecule has 1 aliphatic rings. The van der Waals surface area contributed by atoms with Crippen molar-refractivity contribution in [1.29, 1.82) is 0 Å². The van der Waals surface area contributed by atoms with Gasteiger partial charge < -0.3 is 25.3 Å². The minimum atomic E-state index is -0.234. The summed E-state index contributed by atoms with van der Waals surface area (Å²) in [5.41, 5.74) is 6.85. The standard InChI is InChI=1S/C15H22N2O4/c1-19-11-5-6-14(13(16)8-11)17-15(18)10-20-9-12-4-2-3-7-21-12/h5-6,8,12H,2-4,7,9-10,16H2,1H3,(H,17,18). The number of methoxy groups -OCH3 is 1. The van der Waals surface area contributed by atoms with Crippen LogP contribution in [0.4, 0.5) is 11.4 Å². The molecule has 1 atom stereocenters. The summed E-state index contributed by atoms with van der Waals surface area (Å²) >= 11 is 0. The number of hydrogen-bond acceptors (Lipinski definition) is 5. The second-order valence-corrected chi connectivity index (χ2v) is 5.01. The number of nitrogens with two attached hydrogens (primary N) is 1. The van der Waals surface area contributed by atoms with Gasteiger partial charge in [0.05, 0.1) is 31.2 Å². The van der Waals surface area contributed by atoms with Crippen molar-refractivity contribution in [3.8, 4) is 5.75 Å². The zero-order valence-electron chi connectivity index (χ0n) is 12.3. The van der Waals surface area contributed by atoms with Gasteiger partial charge >= 0.3 is 0 Å². The highest BCUT2D eigenvalue weighted by Crippen LogP contribution is 2.23. The molecular weight excluding hydrogens is 272 g/mol. The molecule has 0 bridgehead atoms. The van der Waals surface area contributed by atoms with E-state index in [4.69, 9.17) is 19.9 Å². The number of benzene rings is 1. The number of rotatable bonds is 6. The molecule has 0 saturated carbocycles. The van der Waals surface area contributed by atoms with Crippen LogP contribution < -0.4 is 15.8 Å². The number of ether oxygens (including phenoxy) is 3. The number of amides is 1. The van der Waals surface area contributed by atoms with Crippen molar-refractivity contribution in [3.63, 3.8) is 0 Å². The Bertz CT molecular complexity index is 473. The molecule has 21 heavy (non-hydrogen) atoms. The van der Waals surface area contributed by atoms with Crippen LogP contribution in [0.25, 0.3) is 0 Å². The van der Waals surface area contributed by atoms with E-state index in [1.165, 1.54) is 0 Å². The quantitative estimate of drug-likeness (QED) is 0.782. The maximum atomic E-state index is 11.8. The van der Waals surface area contributed by atoms with Crippen LogP contribution in [0.15, 0.2) is 18.2 Å². The van der Waals surface area contributed by atoms with E-state index < -0.39 is 0 Å². The first-order valence-corrected chi connectivity index (χ1v) is 7.11. The fourth-order valence-electron chi connectivity index (χ4n) is 2.19. The number of anilines is 2. The first-order chi connectivity index (χ1) is 10.2. The van der Waals surface area contributed by atoms with Crippen molar-refractivity contribution in [1.82, 2.24) is 0 Å². The monoisotopic (exact) mass is 294 g/mol. The maximum absolute atomic E-state index is 11.8. The van der Waals surface area contributed by atoms with E-state index >= 15 is 0 Å². The van der Waals surface area contributed by atoms with Crippen molar-refractivity contribution < 1.29 is 19.0 Å². The average molecular weight is 294 g/mol. The van der Waals surface area contributed by atoms with Crippen LogP contribution in [0.1, 0.15) is 19.3 Å². The summed E-state index contributed by atoms with van der Waals surface area (Å²) < 4.78 is 16.0. The molecule has 1 aliphatic heterocycles. The van der Waals surface area contributed by atoms with E-state index in [0.717, 1.165) is 25.9 Å². The molecule has 1 fully saturated rings. The van der Waals surface area contributed by atoms with Crippen molar-refractivity contribution in [3.05, 3.63) is 18.2 Å². The second-order valence-electron chi connectivity index (χ2n) is 5.01. The molecule has 0 spiro atoms. The largest absolute Gasteiger partial charge is 0.497 e. The zero-order chi connectivity index (χ0) is 15.1. The predicted octanol–water partition coefficient (Wildman–Crippen LogP) is 1.80. The van der Waals surface area contributed by atoms with Crippen LogP contribution in [0.2, 0.25) is 0 Å². The lowest BCUT2D eigenvalue weighted by Crippen LogP contribution is -2.27. The van der Waals surface area contributed by atoms with Crippen molar-refractivity contribution in [2.45, 2.75) is 25.4 Å². The zero-order valence-corrected chi connectivity index (χ0v) is 12.3. The fourth-order valence-corrected chi connectivity index (χ4v) is 2.19. The Hall–Kier alpha value is -1.79. The van der Waals surface area contributed by atoms with Crippen LogP contribution in [0, 0.1) is 0 Å². The molecule has 6 heteroatoms. The van der Waals surface area contributed by atoms with Gasteiger partial charge in [0, 0.05) is 12.7 Å². The van der Waals surface area contributed by atoms with Gasteiger partial charge in [-0.15, -0.1) is 0 Å². The van der Waals surface area contributed by atoms with Crippen LogP contribution in [-0.2, 0) is 14.3 Å². The first kappa shape index (κ1) is 15.6. The van der Waals surface area contributed by atoms with Crippen LogP contribution in [-0.4, -0.2) is 38.9 Å². The van der Waals surface area contributed by atoms with Gasteiger partial charge in [-0.2, -0.15) is 0 Å². The average Bonchev–Trinajstić information content (AvgIpc) is 2.50. The Morgan fingerprint density at radius 2 is 2.33 bits per heavy atom. The number of hydrogen-bond donors (Lipinski definition) is 2. The maximum Gasteiger partial charge on any atom is 0.250 e. The Kier molecular flexibility index (Phi) is 5.83. The Morgan fingerprint density at radius 3 is 3.00 bits per heavy atom. The molecule has 1 saturated heterocycles. The molecule has 1 amide bonds. The lowest BCUT2D eigenvalue weighted by atomic mass is 10.1. The van der Waals surface area contributed by atoms with Crippen LogP contribution in [0.5, 0.6) is 5.75 Å². The Morgan fingerprint density at radius 1 is 1.48 bits per heavy atom. The topological polar surface area (TPSA) is 82.8 Å². The van der Waals surface area contributed by atoms with Gasteiger partial charge in [0.15, 0.2) is 0 Å². The third-order valence-corrected chi connectivity index (χ3v) is 3.34. The predicted molar refractivity (Wildman–Crippen MR) is 80.4 cm³/mol. The van der Waals surface area contributed by atoms with Gasteiger partial charge in [0.25, 0.3) is 0 Å². The summed E-state index contributed by atoms with van der Waals surface area (Å²) in [7, 11) is 1.56. The minimum absolute atomic E-state index is 0.00860. The molecule has 0 aromatic heterocycles. The van der Waals surface area contributed by atoms with Crippen LogP contribution >= 0.6 is 0 Å². The molecule has 0 aliphatic carbocycles.